The molecule has 0 radical (unpaired) electrons. The summed E-state index contributed by atoms with van der Waals surface area (Å²) in [7, 11) is 2.02. The zero-order chi connectivity index (χ0) is 19.3. The van der Waals surface area contributed by atoms with Crippen LogP contribution in [-0.4, -0.2) is 53.4 Å². The third-order valence-electron chi connectivity index (χ3n) is 4.85. The van der Waals surface area contributed by atoms with Gasteiger partial charge < -0.3 is 9.64 Å². The number of aryl methyl sites for hydroxylation is 1. The highest BCUT2D eigenvalue weighted by Crippen LogP contribution is 2.20. The van der Waals surface area contributed by atoms with Crippen LogP contribution in [0.3, 0.4) is 0 Å². The number of benzene rings is 1. The standard InChI is InChI=1S/C21H25N5OS/c1-16-3-5-17(6-4-16)19-7-8-20(24-23-19)25(2)13-18-15-28-21(22-18)14-26-9-11-27-12-10-26/h3-8,15H,9-14H2,1-2H3. The van der Waals surface area contributed by atoms with Gasteiger partial charge in [0.05, 0.1) is 37.7 Å². The lowest BCUT2D eigenvalue weighted by Crippen LogP contribution is -2.35. The minimum Gasteiger partial charge on any atom is -0.379 e. The van der Waals surface area contributed by atoms with E-state index in [4.69, 9.17) is 9.72 Å². The molecule has 4 rings (SSSR count). The monoisotopic (exact) mass is 395 g/mol. The highest BCUT2D eigenvalue weighted by Gasteiger charge is 2.14. The molecule has 1 aromatic carbocycles. The van der Waals surface area contributed by atoms with Crippen molar-refractivity contribution in [3.63, 3.8) is 0 Å². The van der Waals surface area contributed by atoms with Crippen molar-refractivity contribution in [3.05, 3.63) is 58.0 Å². The second-order valence-corrected chi connectivity index (χ2v) is 8.06. The van der Waals surface area contributed by atoms with Crippen molar-refractivity contribution in [3.8, 4) is 11.3 Å². The highest BCUT2D eigenvalue weighted by atomic mass is 32.1. The summed E-state index contributed by atoms with van der Waals surface area (Å²) in [5.74, 6) is 0.846. The molecule has 0 atom stereocenters. The molecule has 0 amide bonds. The Bertz CT molecular complexity index is 888. The fourth-order valence-electron chi connectivity index (χ4n) is 3.18. The van der Waals surface area contributed by atoms with Crippen molar-refractivity contribution < 1.29 is 4.74 Å². The van der Waals surface area contributed by atoms with Crippen LogP contribution in [0.4, 0.5) is 5.82 Å². The molecule has 146 valence electrons. The summed E-state index contributed by atoms with van der Waals surface area (Å²) in [6, 6.07) is 12.4. The van der Waals surface area contributed by atoms with Crippen LogP contribution in [0, 0.1) is 6.92 Å². The first-order valence-corrected chi connectivity index (χ1v) is 10.4. The number of rotatable bonds is 6. The van der Waals surface area contributed by atoms with Crippen LogP contribution in [0.2, 0.25) is 0 Å². The van der Waals surface area contributed by atoms with Crippen LogP contribution in [0.15, 0.2) is 41.8 Å². The van der Waals surface area contributed by atoms with E-state index < -0.39 is 0 Å². The minimum atomic E-state index is 0.720. The summed E-state index contributed by atoms with van der Waals surface area (Å²) in [5, 5.41) is 12.1. The Kier molecular flexibility index (Phi) is 5.95. The van der Waals surface area contributed by atoms with Crippen LogP contribution in [0.25, 0.3) is 11.3 Å². The van der Waals surface area contributed by atoms with Crippen molar-refractivity contribution in [1.29, 1.82) is 0 Å². The van der Waals surface area contributed by atoms with E-state index in [9.17, 15) is 0 Å². The van der Waals surface area contributed by atoms with E-state index in [0.717, 1.165) is 67.2 Å². The molecule has 3 heterocycles. The van der Waals surface area contributed by atoms with Crippen molar-refractivity contribution in [2.24, 2.45) is 0 Å². The van der Waals surface area contributed by atoms with Crippen LogP contribution >= 0.6 is 11.3 Å². The second kappa shape index (κ2) is 8.77. The molecule has 0 aliphatic carbocycles. The largest absolute Gasteiger partial charge is 0.379 e. The van der Waals surface area contributed by atoms with Crippen molar-refractivity contribution in [1.82, 2.24) is 20.1 Å². The lowest BCUT2D eigenvalue weighted by Gasteiger charge is -2.25. The predicted molar refractivity (Wildman–Crippen MR) is 113 cm³/mol. The SMILES string of the molecule is Cc1ccc(-c2ccc(N(C)Cc3csc(CN4CCOCC4)n3)nn2)cc1. The first-order chi connectivity index (χ1) is 13.7. The molecule has 7 heteroatoms. The number of ether oxygens (including phenoxy) is 1. The van der Waals surface area contributed by atoms with Gasteiger partial charge in [0.1, 0.15) is 5.01 Å². The number of aromatic nitrogens is 3. The molecule has 0 bridgehead atoms. The predicted octanol–water partition coefficient (Wildman–Crippen LogP) is 3.38. The van der Waals surface area contributed by atoms with E-state index in [1.54, 1.807) is 11.3 Å². The molecule has 1 aliphatic heterocycles. The molecule has 0 saturated carbocycles. The molecule has 1 aliphatic rings. The fourth-order valence-corrected chi connectivity index (χ4v) is 4.00. The van der Waals surface area contributed by atoms with Gasteiger partial charge in [0.15, 0.2) is 5.82 Å². The normalized spacial score (nSPS) is 14.9. The third-order valence-corrected chi connectivity index (χ3v) is 5.73. The fraction of sp³-hybridized carbons (Fsp3) is 0.381. The number of morpholine rings is 1. The quantitative estimate of drug-likeness (QED) is 0.638. The molecule has 3 aromatic rings. The summed E-state index contributed by atoms with van der Waals surface area (Å²) in [6.07, 6.45) is 0. The maximum absolute atomic E-state index is 5.41. The lowest BCUT2D eigenvalue weighted by molar-refractivity contribution is 0.0341. The Morgan fingerprint density at radius 3 is 2.57 bits per heavy atom. The number of thiazole rings is 1. The average Bonchev–Trinajstić information content (AvgIpc) is 3.16. The average molecular weight is 396 g/mol. The van der Waals surface area contributed by atoms with E-state index in [-0.39, 0.29) is 0 Å². The van der Waals surface area contributed by atoms with Crippen LogP contribution in [0.1, 0.15) is 16.3 Å². The zero-order valence-corrected chi connectivity index (χ0v) is 17.2. The summed E-state index contributed by atoms with van der Waals surface area (Å²) in [6.45, 7) is 7.31. The topological polar surface area (TPSA) is 54.4 Å². The van der Waals surface area contributed by atoms with Gasteiger partial charge >= 0.3 is 0 Å². The number of anilines is 1. The van der Waals surface area contributed by atoms with Crippen molar-refractivity contribution in [2.75, 3.05) is 38.3 Å². The smallest absolute Gasteiger partial charge is 0.151 e. The van der Waals surface area contributed by atoms with Gasteiger partial charge in [0, 0.05) is 31.1 Å². The van der Waals surface area contributed by atoms with E-state index >= 15 is 0 Å². The Morgan fingerprint density at radius 1 is 1.07 bits per heavy atom. The molecule has 1 fully saturated rings. The second-order valence-electron chi connectivity index (χ2n) is 7.12. The van der Waals surface area contributed by atoms with Gasteiger partial charge in [-0.2, -0.15) is 0 Å². The highest BCUT2D eigenvalue weighted by molar-refractivity contribution is 7.09. The van der Waals surface area contributed by atoms with Gasteiger partial charge in [-0.3, -0.25) is 4.90 Å². The molecule has 0 spiro atoms. The van der Waals surface area contributed by atoms with Crippen LogP contribution in [-0.2, 0) is 17.8 Å². The maximum Gasteiger partial charge on any atom is 0.151 e. The van der Waals surface area contributed by atoms with E-state index in [2.05, 4.69) is 56.6 Å². The van der Waals surface area contributed by atoms with Gasteiger partial charge in [-0.05, 0) is 19.1 Å². The van der Waals surface area contributed by atoms with Gasteiger partial charge in [-0.25, -0.2) is 4.98 Å². The Morgan fingerprint density at radius 2 is 1.86 bits per heavy atom. The van der Waals surface area contributed by atoms with Gasteiger partial charge in [-0.1, -0.05) is 29.8 Å². The lowest BCUT2D eigenvalue weighted by atomic mass is 10.1. The number of nitrogens with zero attached hydrogens (tertiary/aromatic N) is 5. The van der Waals surface area contributed by atoms with Crippen molar-refractivity contribution in [2.45, 2.75) is 20.0 Å². The Labute approximate surface area is 169 Å². The molecule has 6 nitrogen and oxygen atoms in total. The van der Waals surface area contributed by atoms with E-state index in [1.165, 1.54) is 5.56 Å². The summed E-state index contributed by atoms with van der Waals surface area (Å²) in [5.41, 5.74) is 4.28. The summed E-state index contributed by atoms with van der Waals surface area (Å²) >= 11 is 1.72. The maximum atomic E-state index is 5.41. The van der Waals surface area contributed by atoms with Gasteiger partial charge in [-0.15, -0.1) is 21.5 Å². The number of hydrogen-bond donors (Lipinski definition) is 0. The Hall–Kier alpha value is -2.35. The molecule has 2 aromatic heterocycles. The zero-order valence-electron chi connectivity index (χ0n) is 16.3. The first-order valence-electron chi connectivity index (χ1n) is 9.53. The molecule has 0 N–H and O–H groups in total. The van der Waals surface area contributed by atoms with Crippen LogP contribution < -0.4 is 4.90 Å². The van der Waals surface area contributed by atoms with Crippen molar-refractivity contribution >= 4 is 17.2 Å². The van der Waals surface area contributed by atoms with Gasteiger partial charge in [0.25, 0.3) is 0 Å². The third kappa shape index (κ3) is 4.73. The van der Waals surface area contributed by atoms with Crippen LogP contribution in [0.5, 0.6) is 0 Å². The summed E-state index contributed by atoms with van der Waals surface area (Å²) < 4.78 is 5.41. The molecular weight excluding hydrogens is 370 g/mol. The number of hydrogen-bond acceptors (Lipinski definition) is 7. The Balaban J connectivity index is 1.37. The summed E-state index contributed by atoms with van der Waals surface area (Å²) in [4.78, 5) is 9.27. The molecule has 28 heavy (non-hydrogen) atoms. The molecular formula is C21H25N5OS. The van der Waals surface area contributed by atoms with E-state index in [1.807, 2.05) is 19.2 Å². The van der Waals surface area contributed by atoms with Gasteiger partial charge in [0.2, 0.25) is 0 Å². The molecule has 0 unspecified atom stereocenters. The first kappa shape index (κ1) is 19.0. The van der Waals surface area contributed by atoms with E-state index in [0.29, 0.717) is 0 Å². The molecule has 1 saturated heterocycles. The minimum absolute atomic E-state index is 0.720.